The van der Waals surface area contributed by atoms with Gasteiger partial charge in [-0.2, -0.15) is 0 Å². The van der Waals surface area contributed by atoms with Gasteiger partial charge in [-0.05, 0) is 37.8 Å². The van der Waals surface area contributed by atoms with Crippen LogP contribution in [-0.4, -0.2) is 34.7 Å². The number of carbonyl (C=O) groups excluding carboxylic acids is 1. The maximum absolute atomic E-state index is 11.9. The SMILES string of the molecule is O=C(O)c1ccc(CNC(=O)[C@@H]2CCCO2)nc1C1CC1. The normalized spacial score (nSPS) is 21.2. The van der Waals surface area contributed by atoms with E-state index in [1.807, 2.05) is 0 Å². The number of pyridine rings is 1. The van der Waals surface area contributed by atoms with Crippen LogP contribution in [0.15, 0.2) is 12.1 Å². The van der Waals surface area contributed by atoms with E-state index in [2.05, 4.69) is 10.3 Å². The molecule has 21 heavy (non-hydrogen) atoms. The molecule has 0 spiro atoms. The molecule has 0 aromatic carbocycles. The van der Waals surface area contributed by atoms with Crippen molar-refractivity contribution in [2.45, 2.75) is 44.2 Å². The first-order chi connectivity index (χ1) is 10.1. The van der Waals surface area contributed by atoms with Crippen molar-refractivity contribution < 1.29 is 19.4 Å². The van der Waals surface area contributed by atoms with Gasteiger partial charge in [0.15, 0.2) is 0 Å². The fraction of sp³-hybridized carbons (Fsp3) is 0.533. The zero-order chi connectivity index (χ0) is 14.8. The first-order valence-electron chi connectivity index (χ1n) is 7.27. The number of carbonyl (C=O) groups is 2. The van der Waals surface area contributed by atoms with Gasteiger partial charge in [-0.25, -0.2) is 4.79 Å². The van der Waals surface area contributed by atoms with Crippen LogP contribution < -0.4 is 5.32 Å². The number of nitrogens with one attached hydrogen (secondary N) is 1. The quantitative estimate of drug-likeness (QED) is 0.857. The Kier molecular flexibility index (Phi) is 3.88. The average molecular weight is 290 g/mol. The Morgan fingerprint density at radius 3 is 2.76 bits per heavy atom. The number of amides is 1. The lowest BCUT2D eigenvalue weighted by Crippen LogP contribution is -2.33. The predicted octanol–water partition coefficient (Wildman–Crippen LogP) is 1.45. The van der Waals surface area contributed by atoms with Crippen LogP contribution in [0.1, 0.15) is 53.3 Å². The number of ether oxygens (including phenoxy) is 1. The molecule has 0 unspecified atom stereocenters. The first kappa shape index (κ1) is 14.0. The monoisotopic (exact) mass is 290 g/mol. The molecule has 6 heteroatoms. The van der Waals surface area contributed by atoms with Crippen LogP contribution in [0.5, 0.6) is 0 Å². The fourth-order valence-corrected chi connectivity index (χ4v) is 2.54. The van der Waals surface area contributed by atoms with E-state index in [0.717, 1.165) is 25.7 Å². The van der Waals surface area contributed by atoms with E-state index in [9.17, 15) is 9.59 Å². The maximum atomic E-state index is 11.9. The standard InChI is InChI=1S/C15H18N2O4/c18-14(12-2-1-7-21-12)16-8-10-5-6-11(15(19)20)13(17-10)9-3-4-9/h5-6,9,12H,1-4,7-8H2,(H,16,18)(H,19,20)/t12-/m0/s1. The highest BCUT2D eigenvalue weighted by Crippen LogP contribution is 2.40. The lowest BCUT2D eigenvalue weighted by molar-refractivity contribution is -0.130. The Bertz CT molecular complexity index is 563. The van der Waals surface area contributed by atoms with E-state index < -0.39 is 5.97 Å². The molecule has 1 saturated heterocycles. The number of carboxylic acid groups (broad SMARTS) is 1. The van der Waals surface area contributed by atoms with Crippen molar-refractivity contribution in [3.05, 3.63) is 29.1 Å². The number of aromatic nitrogens is 1. The summed E-state index contributed by atoms with van der Waals surface area (Å²) in [7, 11) is 0. The summed E-state index contributed by atoms with van der Waals surface area (Å²) in [6.07, 6.45) is 3.28. The third-order valence-electron chi connectivity index (χ3n) is 3.84. The predicted molar refractivity (Wildman–Crippen MR) is 74.0 cm³/mol. The summed E-state index contributed by atoms with van der Waals surface area (Å²) in [4.78, 5) is 27.5. The second-order valence-electron chi connectivity index (χ2n) is 5.53. The third kappa shape index (κ3) is 3.21. The number of rotatable bonds is 5. The molecule has 112 valence electrons. The van der Waals surface area contributed by atoms with Gasteiger partial charge in [-0.15, -0.1) is 0 Å². The Morgan fingerprint density at radius 1 is 1.33 bits per heavy atom. The van der Waals surface area contributed by atoms with Gasteiger partial charge in [0.05, 0.1) is 23.5 Å². The molecule has 1 aromatic heterocycles. The van der Waals surface area contributed by atoms with Gasteiger partial charge in [0.2, 0.25) is 5.91 Å². The van der Waals surface area contributed by atoms with Crippen LogP contribution in [0.2, 0.25) is 0 Å². The van der Waals surface area contributed by atoms with Crippen molar-refractivity contribution in [1.29, 1.82) is 0 Å². The summed E-state index contributed by atoms with van der Waals surface area (Å²) in [6, 6.07) is 3.24. The Labute approximate surface area is 122 Å². The highest BCUT2D eigenvalue weighted by Gasteiger charge is 2.30. The van der Waals surface area contributed by atoms with Gasteiger partial charge >= 0.3 is 5.97 Å². The van der Waals surface area contributed by atoms with Crippen molar-refractivity contribution in [2.24, 2.45) is 0 Å². The molecule has 1 atom stereocenters. The van der Waals surface area contributed by atoms with Crippen molar-refractivity contribution in [1.82, 2.24) is 10.3 Å². The second-order valence-corrected chi connectivity index (χ2v) is 5.53. The molecular formula is C15H18N2O4. The van der Waals surface area contributed by atoms with Gasteiger partial charge < -0.3 is 15.2 Å². The van der Waals surface area contributed by atoms with E-state index in [0.29, 0.717) is 24.5 Å². The first-order valence-corrected chi connectivity index (χ1v) is 7.27. The number of hydrogen-bond donors (Lipinski definition) is 2. The summed E-state index contributed by atoms with van der Waals surface area (Å²) in [5.41, 5.74) is 1.60. The lowest BCUT2D eigenvalue weighted by atomic mass is 10.1. The van der Waals surface area contributed by atoms with Gasteiger partial charge in [0, 0.05) is 12.5 Å². The van der Waals surface area contributed by atoms with Gasteiger partial charge in [0.1, 0.15) is 6.10 Å². The third-order valence-corrected chi connectivity index (χ3v) is 3.84. The van der Waals surface area contributed by atoms with Crippen molar-refractivity contribution in [3.63, 3.8) is 0 Å². The van der Waals surface area contributed by atoms with Crippen LogP contribution >= 0.6 is 0 Å². The second kappa shape index (κ2) is 5.81. The van der Waals surface area contributed by atoms with Crippen LogP contribution in [0.25, 0.3) is 0 Å². The molecule has 6 nitrogen and oxygen atoms in total. The van der Waals surface area contributed by atoms with Crippen LogP contribution in [0.3, 0.4) is 0 Å². The molecule has 2 heterocycles. The van der Waals surface area contributed by atoms with Crippen molar-refractivity contribution in [3.8, 4) is 0 Å². The smallest absolute Gasteiger partial charge is 0.337 e. The molecule has 1 aliphatic heterocycles. The van der Waals surface area contributed by atoms with Gasteiger partial charge in [-0.1, -0.05) is 0 Å². The lowest BCUT2D eigenvalue weighted by Gasteiger charge is -2.11. The topological polar surface area (TPSA) is 88.5 Å². The molecule has 3 rings (SSSR count). The minimum atomic E-state index is -0.945. The Hall–Kier alpha value is -1.95. The molecule has 2 fully saturated rings. The van der Waals surface area contributed by atoms with E-state index in [4.69, 9.17) is 9.84 Å². The van der Waals surface area contributed by atoms with Crippen molar-refractivity contribution >= 4 is 11.9 Å². The Balaban J connectivity index is 1.66. The fourth-order valence-electron chi connectivity index (χ4n) is 2.54. The van der Waals surface area contributed by atoms with Crippen LogP contribution in [0, 0.1) is 0 Å². The molecular weight excluding hydrogens is 272 g/mol. The molecule has 1 aromatic rings. The van der Waals surface area contributed by atoms with E-state index in [1.165, 1.54) is 0 Å². The number of nitrogens with zero attached hydrogens (tertiary/aromatic N) is 1. The van der Waals surface area contributed by atoms with Crippen LogP contribution in [-0.2, 0) is 16.1 Å². The highest BCUT2D eigenvalue weighted by molar-refractivity contribution is 5.89. The van der Waals surface area contributed by atoms with Crippen molar-refractivity contribution in [2.75, 3.05) is 6.61 Å². The summed E-state index contributed by atoms with van der Waals surface area (Å²) in [5, 5.41) is 12.0. The molecule has 0 radical (unpaired) electrons. The molecule has 2 aliphatic rings. The van der Waals surface area contributed by atoms with Gasteiger partial charge in [-0.3, -0.25) is 9.78 Å². The Morgan fingerprint density at radius 2 is 2.14 bits per heavy atom. The molecule has 1 aliphatic carbocycles. The number of aromatic carboxylic acids is 1. The van der Waals surface area contributed by atoms with Crippen LogP contribution in [0.4, 0.5) is 0 Å². The summed E-state index contributed by atoms with van der Waals surface area (Å²) in [6.45, 7) is 0.938. The zero-order valence-corrected chi connectivity index (χ0v) is 11.7. The van der Waals surface area contributed by atoms with E-state index in [-0.39, 0.29) is 23.5 Å². The minimum Gasteiger partial charge on any atom is -0.478 e. The van der Waals surface area contributed by atoms with E-state index >= 15 is 0 Å². The molecule has 0 bridgehead atoms. The summed E-state index contributed by atoms with van der Waals surface area (Å²) in [5.74, 6) is -0.811. The zero-order valence-electron chi connectivity index (χ0n) is 11.7. The number of carboxylic acids is 1. The average Bonchev–Trinajstić information content (AvgIpc) is 3.18. The summed E-state index contributed by atoms with van der Waals surface area (Å²) >= 11 is 0. The van der Waals surface area contributed by atoms with Gasteiger partial charge in [0.25, 0.3) is 0 Å². The number of hydrogen-bond acceptors (Lipinski definition) is 4. The van der Waals surface area contributed by atoms with E-state index in [1.54, 1.807) is 12.1 Å². The minimum absolute atomic E-state index is 0.121. The molecule has 1 saturated carbocycles. The molecule has 2 N–H and O–H groups in total. The highest BCUT2D eigenvalue weighted by atomic mass is 16.5. The summed E-state index contributed by atoms with van der Waals surface area (Å²) < 4.78 is 5.32. The maximum Gasteiger partial charge on any atom is 0.337 e. The molecule has 1 amide bonds. The largest absolute Gasteiger partial charge is 0.478 e.